The summed E-state index contributed by atoms with van der Waals surface area (Å²) in [5, 5.41) is 8.92. The number of carbonyl (C=O) groups is 1. The Morgan fingerprint density at radius 3 is 2.85 bits per heavy atom. The van der Waals surface area contributed by atoms with Gasteiger partial charge in [0.1, 0.15) is 23.2 Å². The van der Waals surface area contributed by atoms with E-state index in [0.29, 0.717) is 26.3 Å². The number of hydrogen-bond acceptors (Lipinski definition) is 4. The van der Waals surface area contributed by atoms with Crippen LogP contribution in [0.4, 0.5) is 4.39 Å². The minimum absolute atomic E-state index is 0.0848. The van der Waals surface area contributed by atoms with Crippen LogP contribution in [0.3, 0.4) is 0 Å². The first kappa shape index (κ1) is 14.3. The van der Waals surface area contributed by atoms with Crippen molar-refractivity contribution in [3.63, 3.8) is 0 Å². The number of morpholine rings is 1. The molecule has 6 heteroatoms. The Morgan fingerprint density at radius 1 is 1.50 bits per heavy atom. The van der Waals surface area contributed by atoms with Gasteiger partial charge in [-0.2, -0.15) is 5.26 Å². The lowest BCUT2D eigenvalue weighted by molar-refractivity contribution is -0.142. The molecule has 0 radical (unpaired) electrons. The van der Waals surface area contributed by atoms with E-state index in [0.717, 1.165) is 0 Å². The van der Waals surface area contributed by atoms with E-state index in [1.165, 1.54) is 18.2 Å². The molecule has 0 bridgehead atoms. The molecule has 1 aromatic rings. The van der Waals surface area contributed by atoms with Crippen LogP contribution < -0.4 is 4.74 Å². The standard InChI is InChI=1S/C14H15FN2O3/c1-10(14(18)17-5-7-19-8-6-17)20-13-4-2-3-12(15)11(13)9-16/h2-4,10H,5-8H2,1H3. The number of nitriles is 1. The van der Waals surface area contributed by atoms with Gasteiger partial charge in [-0.15, -0.1) is 0 Å². The number of halogens is 1. The van der Waals surface area contributed by atoms with E-state index in [4.69, 9.17) is 14.7 Å². The molecule has 1 fully saturated rings. The summed E-state index contributed by atoms with van der Waals surface area (Å²) in [6.45, 7) is 3.62. The molecule has 20 heavy (non-hydrogen) atoms. The lowest BCUT2D eigenvalue weighted by Gasteiger charge is -2.29. The summed E-state index contributed by atoms with van der Waals surface area (Å²) in [5.74, 6) is -0.765. The van der Waals surface area contributed by atoms with Gasteiger partial charge in [0, 0.05) is 13.1 Å². The van der Waals surface area contributed by atoms with Crippen LogP contribution in [0.25, 0.3) is 0 Å². The Hall–Kier alpha value is -2.13. The largest absolute Gasteiger partial charge is 0.479 e. The first-order valence-corrected chi connectivity index (χ1v) is 6.35. The van der Waals surface area contributed by atoms with Crippen molar-refractivity contribution >= 4 is 5.91 Å². The third-order valence-corrected chi connectivity index (χ3v) is 3.06. The summed E-state index contributed by atoms with van der Waals surface area (Å²) in [6, 6.07) is 5.84. The van der Waals surface area contributed by atoms with Gasteiger partial charge in [-0.1, -0.05) is 6.07 Å². The van der Waals surface area contributed by atoms with Crippen LogP contribution in [0.5, 0.6) is 5.75 Å². The highest BCUT2D eigenvalue weighted by Gasteiger charge is 2.24. The van der Waals surface area contributed by atoms with E-state index in [-0.39, 0.29) is 17.2 Å². The predicted molar refractivity (Wildman–Crippen MR) is 68.6 cm³/mol. The van der Waals surface area contributed by atoms with Crippen LogP contribution in [-0.4, -0.2) is 43.2 Å². The number of nitrogens with zero attached hydrogens (tertiary/aromatic N) is 2. The zero-order chi connectivity index (χ0) is 14.5. The van der Waals surface area contributed by atoms with E-state index < -0.39 is 11.9 Å². The highest BCUT2D eigenvalue weighted by atomic mass is 19.1. The van der Waals surface area contributed by atoms with E-state index in [1.54, 1.807) is 17.9 Å². The fourth-order valence-electron chi connectivity index (χ4n) is 1.99. The summed E-state index contributed by atoms with van der Waals surface area (Å²) in [4.78, 5) is 13.8. The minimum Gasteiger partial charge on any atom is -0.479 e. The molecule has 1 unspecified atom stereocenters. The number of ether oxygens (including phenoxy) is 2. The SMILES string of the molecule is CC(Oc1cccc(F)c1C#N)C(=O)N1CCOCC1. The van der Waals surface area contributed by atoms with Crippen molar-refractivity contribution < 1.29 is 18.7 Å². The smallest absolute Gasteiger partial charge is 0.263 e. The van der Waals surface area contributed by atoms with Gasteiger partial charge in [-0.05, 0) is 19.1 Å². The second kappa shape index (κ2) is 6.35. The van der Waals surface area contributed by atoms with Crippen LogP contribution >= 0.6 is 0 Å². The minimum atomic E-state index is -0.776. The first-order valence-electron chi connectivity index (χ1n) is 6.35. The Labute approximate surface area is 116 Å². The molecule has 0 N–H and O–H groups in total. The highest BCUT2D eigenvalue weighted by Crippen LogP contribution is 2.22. The molecule has 0 saturated carbocycles. The summed E-state index contributed by atoms with van der Waals surface area (Å²) in [6.07, 6.45) is -0.776. The third-order valence-electron chi connectivity index (χ3n) is 3.06. The molecular formula is C14H15FN2O3. The van der Waals surface area contributed by atoms with Crippen LogP contribution in [0.2, 0.25) is 0 Å². The van der Waals surface area contributed by atoms with Crippen LogP contribution in [0, 0.1) is 17.1 Å². The van der Waals surface area contributed by atoms with Gasteiger partial charge in [0.2, 0.25) is 0 Å². The number of hydrogen-bond donors (Lipinski definition) is 0. The highest BCUT2D eigenvalue weighted by molar-refractivity contribution is 5.81. The van der Waals surface area contributed by atoms with Crippen molar-refractivity contribution in [3.05, 3.63) is 29.6 Å². The molecule has 1 aliphatic heterocycles. The second-order valence-corrected chi connectivity index (χ2v) is 4.42. The summed E-state index contributed by atoms with van der Waals surface area (Å²) in [7, 11) is 0. The lowest BCUT2D eigenvalue weighted by atomic mass is 10.2. The van der Waals surface area contributed by atoms with Gasteiger partial charge in [0.05, 0.1) is 13.2 Å². The van der Waals surface area contributed by atoms with Crippen molar-refractivity contribution in [3.8, 4) is 11.8 Å². The van der Waals surface area contributed by atoms with E-state index in [9.17, 15) is 9.18 Å². The molecular weight excluding hydrogens is 263 g/mol. The second-order valence-electron chi connectivity index (χ2n) is 4.42. The van der Waals surface area contributed by atoms with Gasteiger partial charge in [0.25, 0.3) is 5.91 Å². The molecule has 106 valence electrons. The Morgan fingerprint density at radius 2 is 2.20 bits per heavy atom. The summed E-state index contributed by atoms with van der Waals surface area (Å²) >= 11 is 0. The number of carbonyl (C=O) groups excluding carboxylic acids is 1. The van der Waals surface area contributed by atoms with Crippen molar-refractivity contribution in [1.29, 1.82) is 5.26 Å². The third kappa shape index (κ3) is 3.06. The summed E-state index contributed by atoms with van der Waals surface area (Å²) < 4.78 is 24.1. The molecule has 1 aromatic carbocycles. The lowest BCUT2D eigenvalue weighted by Crippen LogP contribution is -2.46. The normalized spacial score (nSPS) is 16.4. The fraction of sp³-hybridized carbons (Fsp3) is 0.429. The molecule has 5 nitrogen and oxygen atoms in total. The molecule has 2 rings (SSSR count). The fourth-order valence-corrected chi connectivity index (χ4v) is 1.99. The van der Waals surface area contributed by atoms with Gasteiger partial charge in [0.15, 0.2) is 6.10 Å². The molecule has 1 aliphatic rings. The zero-order valence-corrected chi connectivity index (χ0v) is 11.1. The Kier molecular flexibility index (Phi) is 4.53. The number of rotatable bonds is 3. The summed E-state index contributed by atoms with van der Waals surface area (Å²) in [5.41, 5.74) is -0.186. The van der Waals surface area contributed by atoms with E-state index in [1.807, 2.05) is 0 Å². The topological polar surface area (TPSA) is 62.6 Å². The monoisotopic (exact) mass is 278 g/mol. The molecule has 1 saturated heterocycles. The number of benzene rings is 1. The van der Waals surface area contributed by atoms with E-state index >= 15 is 0 Å². The van der Waals surface area contributed by atoms with Crippen LogP contribution in [0.15, 0.2) is 18.2 Å². The van der Waals surface area contributed by atoms with Gasteiger partial charge < -0.3 is 14.4 Å². The molecule has 1 atom stereocenters. The van der Waals surface area contributed by atoms with Crippen LogP contribution in [-0.2, 0) is 9.53 Å². The quantitative estimate of drug-likeness (QED) is 0.836. The van der Waals surface area contributed by atoms with E-state index in [2.05, 4.69) is 0 Å². The number of amides is 1. The first-order chi connectivity index (χ1) is 9.63. The zero-order valence-electron chi connectivity index (χ0n) is 11.1. The Balaban J connectivity index is 2.08. The Bertz CT molecular complexity index is 536. The van der Waals surface area contributed by atoms with Gasteiger partial charge in [-0.25, -0.2) is 4.39 Å². The predicted octanol–water partition coefficient (Wildman–Crippen LogP) is 1.32. The maximum absolute atomic E-state index is 13.4. The van der Waals surface area contributed by atoms with Crippen molar-refractivity contribution in [2.75, 3.05) is 26.3 Å². The van der Waals surface area contributed by atoms with Crippen LogP contribution in [0.1, 0.15) is 12.5 Å². The average Bonchev–Trinajstić information content (AvgIpc) is 2.47. The van der Waals surface area contributed by atoms with Crippen molar-refractivity contribution in [2.24, 2.45) is 0 Å². The molecule has 1 amide bonds. The van der Waals surface area contributed by atoms with Gasteiger partial charge in [-0.3, -0.25) is 4.79 Å². The molecule has 0 aromatic heterocycles. The van der Waals surface area contributed by atoms with Gasteiger partial charge >= 0.3 is 0 Å². The molecule has 0 aliphatic carbocycles. The maximum Gasteiger partial charge on any atom is 0.263 e. The maximum atomic E-state index is 13.4. The van der Waals surface area contributed by atoms with Crippen molar-refractivity contribution in [1.82, 2.24) is 4.90 Å². The van der Waals surface area contributed by atoms with Crippen molar-refractivity contribution in [2.45, 2.75) is 13.0 Å². The molecule has 1 heterocycles. The molecule has 0 spiro atoms. The average molecular weight is 278 g/mol.